The molecule has 1 N–H and O–H groups in total. The first-order valence-corrected chi connectivity index (χ1v) is 7.03. The summed E-state index contributed by atoms with van der Waals surface area (Å²) in [5, 5.41) is 3.62. The van der Waals surface area contributed by atoms with Crippen molar-refractivity contribution in [2.45, 2.75) is 51.0 Å². The average Bonchev–Trinajstić information content (AvgIpc) is 2.33. The Balaban J connectivity index is 1.62. The number of nitrogens with one attached hydrogen (secondary N) is 1. The lowest BCUT2D eigenvalue weighted by atomic mass is 9.76. The predicted octanol–water partition coefficient (Wildman–Crippen LogP) is 3.63. The molecule has 0 radical (unpaired) electrons. The van der Waals surface area contributed by atoms with Crippen LogP contribution in [0, 0.1) is 19.3 Å². The average molecular weight is 241 g/mol. The molecule has 1 aliphatic rings. The molecule has 1 aromatic carbocycles. The van der Waals surface area contributed by atoms with Gasteiger partial charge in [0, 0.05) is 12.5 Å². The Labute approximate surface area is 111 Å². The molecule has 0 aliphatic heterocycles. The molecule has 1 saturated carbocycles. The van der Waals surface area contributed by atoms with Crippen LogP contribution in [-0.4, -0.2) is 12.6 Å². The molecule has 1 aliphatic carbocycles. The van der Waals surface area contributed by atoms with Gasteiger partial charge in [-0.05, 0) is 50.6 Å². The van der Waals surface area contributed by atoms with E-state index in [1.807, 2.05) is 0 Å². The van der Waals surface area contributed by atoms with Crippen LogP contribution in [0.2, 0.25) is 0 Å². The van der Waals surface area contributed by atoms with Gasteiger partial charge in [0.05, 0.1) is 0 Å². The maximum Gasteiger partial charge on any atom is 0.00865 e. The third-order valence-electron chi connectivity index (χ3n) is 3.87. The van der Waals surface area contributed by atoms with E-state index in [1.165, 1.54) is 30.4 Å². The number of benzene rings is 1. The lowest BCUT2D eigenvalue weighted by Gasteiger charge is -2.36. The summed E-state index contributed by atoms with van der Waals surface area (Å²) >= 11 is 0. The van der Waals surface area contributed by atoms with Crippen LogP contribution in [0.3, 0.4) is 0 Å². The zero-order valence-corrected chi connectivity index (χ0v) is 11.3. The Morgan fingerprint density at radius 3 is 2.61 bits per heavy atom. The van der Waals surface area contributed by atoms with Crippen molar-refractivity contribution in [3.8, 4) is 12.3 Å². The quantitative estimate of drug-likeness (QED) is 0.592. The van der Waals surface area contributed by atoms with E-state index in [2.05, 4.69) is 42.4 Å². The van der Waals surface area contributed by atoms with Gasteiger partial charge >= 0.3 is 0 Å². The second-order valence-corrected chi connectivity index (χ2v) is 5.39. The van der Waals surface area contributed by atoms with E-state index in [-0.39, 0.29) is 0 Å². The molecule has 0 atom stereocenters. The standard InChI is InChI=1S/C17H23N/c1-3-4-5-6-11-18-17-12-16(13-17)15-9-7-14(2)8-10-15/h1,7-10,16-18H,4-6,11-13H2,2H3. The van der Waals surface area contributed by atoms with E-state index >= 15 is 0 Å². The van der Waals surface area contributed by atoms with Crippen molar-refractivity contribution in [3.05, 3.63) is 35.4 Å². The first-order valence-electron chi connectivity index (χ1n) is 7.03. The van der Waals surface area contributed by atoms with Gasteiger partial charge in [-0.3, -0.25) is 0 Å². The number of rotatable bonds is 6. The van der Waals surface area contributed by atoms with Crippen LogP contribution in [0.15, 0.2) is 24.3 Å². The summed E-state index contributed by atoms with van der Waals surface area (Å²) in [4.78, 5) is 0. The lowest BCUT2D eigenvalue weighted by molar-refractivity contribution is 0.290. The van der Waals surface area contributed by atoms with Crippen LogP contribution in [0.25, 0.3) is 0 Å². The van der Waals surface area contributed by atoms with E-state index in [0.717, 1.165) is 31.3 Å². The van der Waals surface area contributed by atoms with Gasteiger partial charge in [0.1, 0.15) is 0 Å². The SMILES string of the molecule is C#CCCCCNC1CC(c2ccc(C)cc2)C1. The van der Waals surface area contributed by atoms with Crippen molar-refractivity contribution >= 4 is 0 Å². The zero-order chi connectivity index (χ0) is 12.8. The van der Waals surface area contributed by atoms with E-state index in [4.69, 9.17) is 6.42 Å². The minimum absolute atomic E-state index is 0.724. The van der Waals surface area contributed by atoms with Crippen LogP contribution in [0.1, 0.15) is 49.1 Å². The first kappa shape index (κ1) is 13.2. The summed E-state index contributed by atoms with van der Waals surface area (Å²) in [5.74, 6) is 3.46. The molecule has 1 fully saturated rings. The highest BCUT2D eigenvalue weighted by Gasteiger charge is 2.29. The highest BCUT2D eigenvalue weighted by molar-refractivity contribution is 5.26. The third kappa shape index (κ3) is 3.62. The minimum atomic E-state index is 0.724. The van der Waals surface area contributed by atoms with Gasteiger partial charge in [0.15, 0.2) is 0 Å². The van der Waals surface area contributed by atoms with Crippen LogP contribution >= 0.6 is 0 Å². The largest absolute Gasteiger partial charge is 0.314 e. The molecule has 0 aromatic heterocycles. The minimum Gasteiger partial charge on any atom is -0.314 e. The summed E-state index contributed by atoms with van der Waals surface area (Å²) in [7, 11) is 0. The van der Waals surface area contributed by atoms with Crippen molar-refractivity contribution in [1.82, 2.24) is 5.32 Å². The number of terminal acetylenes is 1. The molecule has 0 amide bonds. The van der Waals surface area contributed by atoms with E-state index in [0.29, 0.717) is 0 Å². The smallest absolute Gasteiger partial charge is 0.00865 e. The Bertz CT molecular complexity index is 393. The van der Waals surface area contributed by atoms with E-state index < -0.39 is 0 Å². The molecule has 0 heterocycles. The summed E-state index contributed by atoms with van der Waals surface area (Å²) in [6.45, 7) is 3.26. The number of hydrogen-bond acceptors (Lipinski definition) is 1. The summed E-state index contributed by atoms with van der Waals surface area (Å²) in [6, 6.07) is 9.72. The van der Waals surface area contributed by atoms with E-state index in [9.17, 15) is 0 Å². The van der Waals surface area contributed by atoms with E-state index in [1.54, 1.807) is 0 Å². The summed E-state index contributed by atoms with van der Waals surface area (Å²) in [6.07, 6.45) is 11.1. The van der Waals surface area contributed by atoms with Crippen molar-refractivity contribution in [1.29, 1.82) is 0 Å². The Morgan fingerprint density at radius 2 is 1.94 bits per heavy atom. The van der Waals surface area contributed by atoms with Crippen LogP contribution in [0.5, 0.6) is 0 Å². The van der Waals surface area contributed by atoms with Gasteiger partial charge in [0.25, 0.3) is 0 Å². The van der Waals surface area contributed by atoms with Crippen molar-refractivity contribution < 1.29 is 0 Å². The molecule has 0 bridgehead atoms. The number of unbranched alkanes of at least 4 members (excludes halogenated alkanes) is 2. The van der Waals surface area contributed by atoms with Crippen LogP contribution < -0.4 is 5.32 Å². The fraction of sp³-hybridized carbons (Fsp3) is 0.529. The van der Waals surface area contributed by atoms with Crippen LogP contribution in [-0.2, 0) is 0 Å². The maximum atomic E-state index is 5.23. The maximum absolute atomic E-state index is 5.23. The Kier molecular flexibility index (Phi) is 4.84. The van der Waals surface area contributed by atoms with Crippen molar-refractivity contribution in [2.75, 3.05) is 6.54 Å². The molecule has 1 heteroatoms. The molecular weight excluding hydrogens is 218 g/mol. The van der Waals surface area contributed by atoms with Gasteiger partial charge in [-0.1, -0.05) is 29.8 Å². The first-order chi connectivity index (χ1) is 8.79. The van der Waals surface area contributed by atoms with Gasteiger partial charge in [-0.25, -0.2) is 0 Å². The Hall–Kier alpha value is -1.26. The Morgan fingerprint density at radius 1 is 1.22 bits per heavy atom. The monoisotopic (exact) mass is 241 g/mol. The fourth-order valence-corrected chi connectivity index (χ4v) is 2.55. The van der Waals surface area contributed by atoms with Gasteiger partial charge in [0.2, 0.25) is 0 Å². The third-order valence-corrected chi connectivity index (χ3v) is 3.87. The fourth-order valence-electron chi connectivity index (χ4n) is 2.55. The molecule has 0 saturated heterocycles. The van der Waals surface area contributed by atoms with Crippen molar-refractivity contribution in [3.63, 3.8) is 0 Å². The topological polar surface area (TPSA) is 12.0 Å². The summed E-state index contributed by atoms with van der Waals surface area (Å²) in [5.41, 5.74) is 2.85. The molecule has 0 spiro atoms. The molecule has 18 heavy (non-hydrogen) atoms. The molecule has 1 aromatic rings. The lowest BCUT2D eigenvalue weighted by Crippen LogP contribution is -2.40. The highest BCUT2D eigenvalue weighted by atomic mass is 14.9. The van der Waals surface area contributed by atoms with Crippen LogP contribution in [0.4, 0.5) is 0 Å². The summed E-state index contributed by atoms with van der Waals surface area (Å²) < 4.78 is 0. The second kappa shape index (κ2) is 6.61. The highest BCUT2D eigenvalue weighted by Crippen LogP contribution is 2.36. The van der Waals surface area contributed by atoms with Crippen molar-refractivity contribution in [2.24, 2.45) is 0 Å². The molecule has 96 valence electrons. The van der Waals surface area contributed by atoms with Gasteiger partial charge in [-0.2, -0.15) is 0 Å². The predicted molar refractivity (Wildman–Crippen MR) is 77.6 cm³/mol. The second-order valence-electron chi connectivity index (χ2n) is 5.39. The molecule has 0 unspecified atom stereocenters. The molecule has 2 rings (SSSR count). The number of aryl methyl sites for hydroxylation is 1. The molecular formula is C17H23N. The number of hydrogen-bond donors (Lipinski definition) is 1. The molecule has 1 nitrogen and oxygen atoms in total. The van der Waals surface area contributed by atoms with Gasteiger partial charge in [-0.15, -0.1) is 12.3 Å². The van der Waals surface area contributed by atoms with Gasteiger partial charge < -0.3 is 5.32 Å². The zero-order valence-electron chi connectivity index (χ0n) is 11.3. The normalized spacial score (nSPS) is 22.2.